The summed E-state index contributed by atoms with van der Waals surface area (Å²) >= 11 is 1.58. The summed E-state index contributed by atoms with van der Waals surface area (Å²) in [4.78, 5) is 30.1. The highest BCUT2D eigenvalue weighted by molar-refractivity contribution is 7.98. The molecule has 0 saturated carbocycles. The second-order valence-electron chi connectivity index (χ2n) is 4.86. The average molecular weight is 329 g/mol. The van der Waals surface area contributed by atoms with Crippen molar-refractivity contribution in [2.45, 2.75) is 4.90 Å². The molecule has 1 aromatic heterocycles. The van der Waals surface area contributed by atoms with Crippen LogP contribution >= 0.6 is 11.8 Å². The summed E-state index contributed by atoms with van der Waals surface area (Å²) < 4.78 is 5.29. The summed E-state index contributed by atoms with van der Waals surface area (Å²) in [6.45, 7) is 0. The van der Waals surface area contributed by atoms with Crippen LogP contribution in [-0.2, 0) is 0 Å². The molecule has 118 valence electrons. The Balaban J connectivity index is 1.89. The fraction of sp³-hybridized carbons (Fsp3) is 0.125. The number of ether oxygens (including phenoxy) is 1. The number of aromatic nitrogens is 2. The normalized spacial score (nSPS) is 10.7. The van der Waals surface area contributed by atoms with Crippen LogP contribution in [-0.4, -0.2) is 29.2 Å². The number of carbonyl (C=O) groups excluding carboxylic acids is 1. The zero-order chi connectivity index (χ0) is 16.4. The molecule has 0 unspecified atom stereocenters. The van der Waals surface area contributed by atoms with Gasteiger partial charge in [0.05, 0.1) is 23.7 Å². The van der Waals surface area contributed by atoms with Crippen molar-refractivity contribution in [3.05, 3.63) is 52.4 Å². The Kier molecular flexibility index (Phi) is 4.12. The highest BCUT2D eigenvalue weighted by Crippen LogP contribution is 2.26. The van der Waals surface area contributed by atoms with Gasteiger partial charge in [-0.1, -0.05) is 0 Å². The van der Waals surface area contributed by atoms with Gasteiger partial charge in [0.25, 0.3) is 5.91 Å². The van der Waals surface area contributed by atoms with Gasteiger partial charge in [-0.05, 0) is 42.7 Å². The standard InChI is InChI=1S/C16H15N3O3S/c1-22-14-8-10(23-2)4-5-11(14)15(20)17-9-3-6-12-13(7-9)19-16(21)18-12/h3-8H,1-2H3,(H,17,20)(H2,18,19,21). The zero-order valence-electron chi connectivity index (χ0n) is 12.6. The Labute approximate surface area is 136 Å². The molecule has 0 fully saturated rings. The quantitative estimate of drug-likeness (QED) is 0.642. The summed E-state index contributed by atoms with van der Waals surface area (Å²) in [5, 5.41) is 2.81. The molecule has 0 bridgehead atoms. The maximum atomic E-state index is 12.5. The fourth-order valence-electron chi connectivity index (χ4n) is 2.29. The Bertz CT molecular complexity index is 930. The van der Waals surface area contributed by atoms with Gasteiger partial charge in [-0.3, -0.25) is 4.79 Å². The minimum Gasteiger partial charge on any atom is -0.496 e. The molecule has 7 heteroatoms. The monoisotopic (exact) mass is 329 g/mol. The number of aromatic amines is 2. The van der Waals surface area contributed by atoms with Crippen LogP contribution in [0.2, 0.25) is 0 Å². The lowest BCUT2D eigenvalue weighted by Gasteiger charge is -2.10. The van der Waals surface area contributed by atoms with Crippen molar-refractivity contribution in [3.8, 4) is 5.75 Å². The SMILES string of the molecule is COc1cc(SC)ccc1C(=O)Nc1ccc2[nH]c(=O)[nH]c2c1. The molecule has 2 aromatic carbocycles. The van der Waals surface area contributed by atoms with E-state index in [4.69, 9.17) is 4.74 Å². The number of benzene rings is 2. The molecule has 1 heterocycles. The smallest absolute Gasteiger partial charge is 0.323 e. The van der Waals surface area contributed by atoms with Crippen LogP contribution in [0.4, 0.5) is 5.69 Å². The molecule has 0 radical (unpaired) electrons. The van der Waals surface area contributed by atoms with E-state index in [-0.39, 0.29) is 11.6 Å². The Morgan fingerprint density at radius 2 is 1.91 bits per heavy atom. The molecule has 0 atom stereocenters. The third-order valence-corrected chi connectivity index (χ3v) is 4.15. The van der Waals surface area contributed by atoms with Crippen molar-refractivity contribution in [2.75, 3.05) is 18.7 Å². The fourth-order valence-corrected chi connectivity index (χ4v) is 2.72. The summed E-state index contributed by atoms with van der Waals surface area (Å²) in [6.07, 6.45) is 1.96. The molecular weight excluding hydrogens is 314 g/mol. The number of carbonyl (C=O) groups is 1. The Hall–Kier alpha value is -2.67. The number of H-pyrrole nitrogens is 2. The lowest BCUT2D eigenvalue weighted by molar-refractivity contribution is 0.102. The van der Waals surface area contributed by atoms with E-state index in [0.717, 1.165) is 4.90 Å². The number of fused-ring (bicyclic) bond motifs is 1. The molecule has 0 aliphatic rings. The van der Waals surface area contributed by atoms with Gasteiger partial charge in [0.1, 0.15) is 5.75 Å². The van der Waals surface area contributed by atoms with Gasteiger partial charge in [0.15, 0.2) is 0 Å². The van der Waals surface area contributed by atoms with Gasteiger partial charge in [-0.15, -0.1) is 11.8 Å². The van der Waals surface area contributed by atoms with E-state index in [9.17, 15) is 9.59 Å². The summed E-state index contributed by atoms with van der Waals surface area (Å²) in [7, 11) is 1.53. The number of rotatable bonds is 4. The van der Waals surface area contributed by atoms with Crippen molar-refractivity contribution in [1.82, 2.24) is 9.97 Å². The van der Waals surface area contributed by atoms with Crippen molar-refractivity contribution >= 4 is 34.4 Å². The van der Waals surface area contributed by atoms with Gasteiger partial charge >= 0.3 is 5.69 Å². The first kappa shape index (κ1) is 15.2. The highest BCUT2D eigenvalue weighted by Gasteiger charge is 2.13. The topological polar surface area (TPSA) is 87.0 Å². The third-order valence-electron chi connectivity index (χ3n) is 3.43. The largest absolute Gasteiger partial charge is 0.496 e. The minimum absolute atomic E-state index is 0.272. The molecule has 0 aliphatic heterocycles. The van der Waals surface area contributed by atoms with Crippen molar-refractivity contribution in [2.24, 2.45) is 0 Å². The first-order valence-electron chi connectivity index (χ1n) is 6.86. The number of hydrogen-bond donors (Lipinski definition) is 3. The summed E-state index contributed by atoms with van der Waals surface area (Å²) in [6, 6.07) is 10.6. The van der Waals surface area contributed by atoms with E-state index in [1.165, 1.54) is 7.11 Å². The predicted molar refractivity (Wildman–Crippen MR) is 91.6 cm³/mol. The van der Waals surface area contributed by atoms with Crippen molar-refractivity contribution in [3.63, 3.8) is 0 Å². The van der Waals surface area contributed by atoms with Gasteiger partial charge in [0.2, 0.25) is 0 Å². The van der Waals surface area contributed by atoms with Crippen molar-refractivity contribution in [1.29, 1.82) is 0 Å². The van der Waals surface area contributed by atoms with E-state index in [1.54, 1.807) is 36.0 Å². The number of amides is 1. The van der Waals surface area contributed by atoms with E-state index in [0.29, 0.717) is 28.0 Å². The molecule has 1 amide bonds. The Morgan fingerprint density at radius 1 is 1.13 bits per heavy atom. The number of thioether (sulfide) groups is 1. The summed E-state index contributed by atoms with van der Waals surface area (Å²) in [5.41, 5.74) is 2.09. The maximum Gasteiger partial charge on any atom is 0.323 e. The number of imidazole rings is 1. The lowest BCUT2D eigenvalue weighted by Crippen LogP contribution is -2.13. The molecule has 0 spiro atoms. The molecule has 3 rings (SSSR count). The lowest BCUT2D eigenvalue weighted by atomic mass is 10.1. The van der Waals surface area contributed by atoms with E-state index in [1.807, 2.05) is 18.4 Å². The van der Waals surface area contributed by atoms with E-state index < -0.39 is 0 Å². The maximum absolute atomic E-state index is 12.5. The van der Waals surface area contributed by atoms with Gasteiger partial charge in [-0.25, -0.2) is 4.79 Å². The minimum atomic E-state index is -0.280. The van der Waals surface area contributed by atoms with Crippen LogP contribution in [0.25, 0.3) is 11.0 Å². The predicted octanol–water partition coefficient (Wildman–Crippen LogP) is 2.84. The molecule has 6 nitrogen and oxygen atoms in total. The van der Waals surface area contributed by atoms with Crippen LogP contribution in [0.3, 0.4) is 0 Å². The Morgan fingerprint density at radius 3 is 2.65 bits per heavy atom. The third kappa shape index (κ3) is 3.09. The van der Waals surface area contributed by atoms with Crippen LogP contribution in [0, 0.1) is 0 Å². The van der Waals surface area contributed by atoms with Crippen molar-refractivity contribution < 1.29 is 9.53 Å². The average Bonchev–Trinajstić information content (AvgIpc) is 2.93. The van der Waals surface area contributed by atoms with Gasteiger partial charge in [-0.2, -0.15) is 0 Å². The van der Waals surface area contributed by atoms with Gasteiger partial charge < -0.3 is 20.0 Å². The molecule has 3 aromatic rings. The van der Waals surface area contributed by atoms with Crippen LogP contribution in [0.1, 0.15) is 10.4 Å². The van der Waals surface area contributed by atoms with Crippen LogP contribution < -0.4 is 15.7 Å². The first-order chi connectivity index (χ1) is 11.1. The zero-order valence-corrected chi connectivity index (χ0v) is 13.4. The summed E-state index contributed by atoms with van der Waals surface area (Å²) in [5.74, 6) is 0.247. The second-order valence-corrected chi connectivity index (χ2v) is 5.74. The molecule has 0 aliphatic carbocycles. The van der Waals surface area contributed by atoms with Crippen LogP contribution in [0.5, 0.6) is 5.75 Å². The highest BCUT2D eigenvalue weighted by atomic mass is 32.2. The van der Waals surface area contributed by atoms with Gasteiger partial charge in [0, 0.05) is 10.6 Å². The molecule has 0 saturated heterocycles. The molecule has 23 heavy (non-hydrogen) atoms. The number of methoxy groups -OCH3 is 1. The van der Waals surface area contributed by atoms with E-state index in [2.05, 4.69) is 15.3 Å². The number of hydrogen-bond acceptors (Lipinski definition) is 4. The number of nitrogens with one attached hydrogen (secondary N) is 3. The first-order valence-corrected chi connectivity index (χ1v) is 8.08. The second kappa shape index (κ2) is 6.21. The molecular formula is C16H15N3O3S. The molecule has 3 N–H and O–H groups in total. The number of anilines is 1. The van der Waals surface area contributed by atoms with Crippen LogP contribution in [0.15, 0.2) is 46.1 Å². The van der Waals surface area contributed by atoms with E-state index >= 15 is 0 Å².